The Balaban J connectivity index is 2.80. The van der Waals surface area contributed by atoms with Crippen molar-refractivity contribution in [3.63, 3.8) is 0 Å². The molecule has 0 radical (unpaired) electrons. The highest BCUT2D eigenvalue weighted by molar-refractivity contribution is 5.94. The molecule has 1 aromatic carbocycles. The van der Waals surface area contributed by atoms with E-state index in [2.05, 4.69) is 10.3 Å². The van der Waals surface area contributed by atoms with Gasteiger partial charge in [-0.3, -0.25) is 0 Å². The Hall–Kier alpha value is -1.71. The zero-order valence-corrected chi connectivity index (χ0v) is 7.70. The molecule has 0 aliphatic rings. The lowest BCUT2D eigenvalue weighted by Crippen LogP contribution is -1.96. The second-order valence-electron chi connectivity index (χ2n) is 3.00. The molecule has 0 unspecified atom stereocenters. The molecule has 0 aliphatic carbocycles. The predicted octanol–water partition coefficient (Wildman–Crippen LogP) is 1.20. The van der Waals surface area contributed by atoms with Crippen LogP contribution in [0.1, 0.15) is 0 Å². The summed E-state index contributed by atoms with van der Waals surface area (Å²) in [6.45, 7) is 0. The molecule has 0 fully saturated rings. The summed E-state index contributed by atoms with van der Waals surface area (Å²) in [5.74, 6) is 0. The van der Waals surface area contributed by atoms with E-state index in [1.54, 1.807) is 6.33 Å². The minimum Gasteiger partial charge on any atom is -0.395 e. The largest absolute Gasteiger partial charge is 0.395 e. The molecule has 2 rings (SSSR count). The Morgan fingerprint density at radius 2 is 2.23 bits per heavy atom. The fraction of sp³-hybridized carbons (Fsp3) is 0.222. The summed E-state index contributed by atoms with van der Waals surface area (Å²) in [7, 11) is 3.80. The highest BCUT2D eigenvalue weighted by Crippen LogP contribution is 2.26. The Morgan fingerprint density at radius 1 is 1.46 bits per heavy atom. The molecule has 0 aliphatic heterocycles. The molecule has 1 heterocycles. The van der Waals surface area contributed by atoms with Gasteiger partial charge in [0, 0.05) is 14.1 Å². The van der Waals surface area contributed by atoms with Crippen molar-refractivity contribution < 1.29 is 0 Å². The van der Waals surface area contributed by atoms with Crippen molar-refractivity contribution in [2.24, 2.45) is 7.05 Å². The molecule has 4 nitrogen and oxygen atoms in total. The van der Waals surface area contributed by atoms with Gasteiger partial charge in [0.2, 0.25) is 0 Å². The topological polar surface area (TPSA) is 55.9 Å². The van der Waals surface area contributed by atoms with Gasteiger partial charge in [0.15, 0.2) is 0 Å². The van der Waals surface area contributed by atoms with Crippen molar-refractivity contribution in [2.75, 3.05) is 18.1 Å². The van der Waals surface area contributed by atoms with Crippen molar-refractivity contribution in [1.82, 2.24) is 9.55 Å². The number of benzene rings is 1. The number of nitrogens with one attached hydrogen (secondary N) is 1. The zero-order chi connectivity index (χ0) is 9.42. The maximum absolute atomic E-state index is 5.90. The zero-order valence-electron chi connectivity index (χ0n) is 7.70. The van der Waals surface area contributed by atoms with Gasteiger partial charge >= 0.3 is 0 Å². The van der Waals surface area contributed by atoms with E-state index >= 15 is 0 Å². The first-order valence-corrected chi connectivity index (χ1v) is 4.11. The molecule has 0 saturated carbocycles. The number of hydrogen-bond donors (Lipinski definition) is 2. The summed E-state index contributed by atoms with van der Waals surface area (Å²) >= 11 is 0. The van der Waals surface area contributed by atoms with Crippen LogP contribution in [0.2, 0.25) is 0 Å². The smallest absolute Gasteiger partial charge is 0.113 e. The summed E-state index contributed by atoms with van der Waals surface area (Å²) in [6, 6.07) is 3.96. The second kappa shape index (κ2) is 2.65. The van der Waals surface area contributed by atoms with E-state index in [1.165, 1.54) is 0 Å². The van der Waals surface area contributed by atoms with Crippen LogP contribution in [0.25, 0.3) is 11.0 Å². The lowest BCUT2D eigenvalue weighted by Gasteiger charge is -2.04. The Bertz CT molecular complexity index is 444. The Labute approximate surface area is 76.4 Å². The van der Waals surface area contributed by atoms with Gasteiger partial charge in [0.1, 0.15) is 5.52 Å². The molecule has 0 amide bonds. The van der Waals surface area contributed by atoms with Gasteiger partial charge in [0.25, 0.3) is 0 Å². The van der Waals surface area contributed by atoms with E-state index < -0.39 is 0 Å². The van der Waals surface area contributed by atoms with Gasteiger partial charge in [-0.2, -0.15) is 0 Å². The average molecular weight is 176 g/mol. The maximum Gasteiger partial charge on any atom is 0.113 e. The van der Waals surface area contributed by atoms with Crippen LogP contribution in [0.4, 0.5) is 11.4 Å². The third-order valence-electron chi connectivity index (χ3n) is 2.21. The molecule has 1 aromatic heterocycles. The third-order valence-corrected chi connectivity index (χ3v) is 2.21. The number of nitrogens with two attached hydrogens (primary N) is 1. The summed E-state index contributed by atoms with van der Waals surface area (Å²) < 4.78 is 1.95. The number of rotatable bonds is 1. The molecule has 0 saturated heterocycles. The van der Waals surface area contributed by atoms with Crippen molar-refractivity contribution in [3.8, 4) is 0 Å². The maximum atomic E-state index is 5.90. The summed E-state index contributed by atoms with van der Waals surface area (Å²) in [4.78, 5) is 4.22. The van der Waals surface area contributed by atoms with Crippen molar-refractivity contribution in [3.05, 3.63) is 18.5 Å². The van der Waals surface area contributed by atoms with E-state index in [0.717, 1.165) is 16.7 Å². The number of imidazole rings is 1. The van der Waals surface area contributed by atoms with Crippen molar-refractivity contribution in [2.45, 2.75) is 0 Å². The van der Waals surface area contributed by atoms with Crippen LogP contribution in [-0.2, 0) is 7.05 Å². The molecule has 68 valence electrons. The van der Waals surface area contributed by atoms with E-state index in [4.69, 9.17) is 5.73 Å². The Kier molecular flexibility index (Phi) is 1.62. The Morgan fingerprint density at radius 3 is 2.92 bits per heavy atom. The highest BCUT2D eigenvalue weighted by atomic mass is 15.0. The van der Waals surface area contributed by atoms with Crippen LogP contribution in [0.5, 0.6) is 0 Å². The SMILES string of the molecule is CNc1ccc2c(ncn2C)c1N. The monoisotopic (exact) mass is 176 g/mol. The average Bonchev–Trinajstić information content (AvgIpc) is 2.50. The molecular weight excluding hydrogens is 164 g/mol. The second-order valence-corrected chi connectivity index (χ2v) is 3.00. The first-order chi connectivity index (χ1) is 6.24. The molecule has 0 bridgehead atoms. The molecule has 2 aromatic rings. The summed E-state index contributed by atoms with van der Waals surface area (Å²) in [5, 5.41) is 3.02. The van der Waals surface area contributed by atoms with Crippen LogP contribution in [0, 0.1) is 0 Å². The minimum absolute atomic E-state index is 0.709. The number of nitrogens with zero attached hydrogens (tertiary/aromatic N) is 2. The first kappa shape index (κ1) is 7.91. The lowest BCUT2D eigenvalue weighted by molar-refractivity contribution is 0.948. The minimum atomic E-state index is 0.709. The molecule has 0 atom stereocenters. The molecule has 13 heavy (non-hydrogen) atoms. The van der Waals surface area contributed by atoms with Gasteiger partial charge < -0.3 is 15.6 Å². The standard InChI is InChI=1S/C9H12N4/c1-11-6-3-4-7-9(8(6)10)12-5-13(7)2/h3-5,11H,10H2,1-2H3. The molecule has 0 spiro atoms. The van der Waals surface area contributed by atoms with Gasteiger partial charge in [0.05, 0.1) is 23.2 Å². The molecular formula is C9H12N4. The molecule has 3 N–H and O–H groups in total. The highest BCUT2D eigenvalue weighted by Gasteiger charge is 2.06. The first-order valence-electron chi connectivity index (χ1n) is 4.11. The van der Waals surface area contributed by atoms with Gasteiger partial charge in [-0.05, 0) is 12.1 Å². The predicted molar refractivity (Wildman–Crippen MR) is 54.7 cm³/mol. The fourth-order valence-electron chi connectivity index (χ4n) is 1.44. The van der Waals surface area contributed by atoms with Crippen LogP contribution >= 0.6 is 0 Å². The number of aromatic nitrogens is 2. The van der Waals surface area contributed by atoms with Crippen LogP contribution < -0.4 is 11.1 Å². The fourth-order valence-corrected chi connectivity index (χ4v) is 1.44. The molecule has 4 heteroatoms. The van der Waals surface area contributed by atoms with Crippen molar-refractivity contribution in [1.29, 1.82) is 0 Å². The van der Waals surface area contributed by atoms with Crippen molar-refractivity contribution >= 4 is 22.4 Å². The van der Waals surface area contributed by atoms with Crippen LogP contribution in [-0.4, -0.2) is 16.6 Å². The third kappa shape index (κ3) is 1.02. The van der Waals surface area contributed by atoms with Crippen LogP contribution in [0.15, 0.2) is 18.5 Å². The number of fused-ring (bicyclic) bond motifs is 1. The van der Waals surface area contributed by atoms with Gasteiger partial charge in [-0.1, -0.05) is 0 Å². The number of hydrogen-bond acceptors (Lipinski definition) is 3. The van der Waals surface area contributed by atoms with E-state index in [-0.39, 0.29) is 0 Å². The van der Waals surface area contributed by atoms with Gasteiger partial charge in [-0.15, -0.1) is 0 Å². The van der Waals surface area contributed by atoms with E-state index in [0.29, 0.717) is 5.69 Å². The van der Waals surface area contributed by atoms with E-state index in [1.807, 2.05) is 30.8 Å². The van der Waals surface area contributed by atoms with Gasteiger partial charge in [-0.25, -0.2) is 4.98 Å². The summed E-state index contributed by atoms with van der Waals surface area (Å²) in [5.41, 5.74) is 9.44. The van der Waals surface area contributed by atoms with Crippen LogP contribution in [0.3, 0.4) is 0 Å². The quantitative estimate of drug-likeness (QED) is 0.642. The number of anilines is 2. The summed E-state index contributed by atoms with van der Waals surface area (Å²) in [6.07, 6.45) is 1.76. The van der Waals surface area contributed by atoms with E-state index in [9.17, 15) is 0 Å². The number of nitrogen functional groups attached to an aromatic ring is 1. The lowest BCUT2D eigenvalue weighted by atomic mass is 10.2. The number of aryl methyl sites for hydroxylation is 1. The normalized spacial score (nSPS) is 10.6.